The zero-order chi connectivity index (χ0) is 14.1. The van der Waals surface area contributed by atoms with E-state index in [0.717, 1.165) is 6.20 Å². The van der Waals surface area contributed by atoms with Crippen molar-refractivity contribution in [3.05, 3.63) is 22.3 Å². The Labute approximate surface area is 106 Å². The lowest BCUT2D eigenvalue weighted by atomic mass is 10.3. The van der Waals surface area contributed by atoms with Crippen molar-refractivity contribution in [2.75, 3.05) is 0 Å². The molecule has 0 amide bonds. The molecule has 0 aromatic carbocycles. The Morgan fingerprint density at radius 3 is 2.06 bits per heavy atom. The third kappa shape index (κ3) is 3.76. The molecule has 18 heavy (non-hydrogen) atoms. The second-order valence-corrected chi connectivity index (χ2v) is 4.27. The number of halogens is 7. The predicted molar refractivity (Wildman–Crippen MR) is 53.2 cm³/mol. The first-order valence-electron chi connectivity index (χ1n) is 4.44. The minimum absolute atomic E-state index is 0.0582. The van der Waals surface area contributed by atoms with Gasteiger partial charge in [-0.25, -0.2) is 4.98 Å². The van der Waals surface area contributed by atoms with Gasteiger partial charge in [0.05, 0.1) is 0 Å². The van der Waals surface area contributed by atoms with Crippen molar-refractivity contribution < 1.29 is 31.1 Å². The number of hydrogen-bond acceptors (Lipinski definition) is 2. The van der Waals surface area contributed by atoms with Crippen molar-refractivity contribution in [1.82, 2.24) is 4.98 Å². The van der Waals surface area contributed by atoms with Crippen LogP contribution in [-0.2, 0) is 0 Å². The van der Waals surface area contributed by atoms with Crippen molar-refractivity contribution in [2.24, 2.45) is 0 Å². The van der Waals surface area contributed by atoms with E-state index in [1.807, 2.05) is 0 Å². The predicted octanol–water partition coefficient (Wildman–Crippen LogP) is 4.02. The first-order valence-corrected chi connectivity index (χ1v) is 5.23. The van der Waals surface area contributed by atoms with E-state index in [0.29, 0.717) is 4.47 Å². The standard InChI is InChI=1S/C9H6BrF6NO/c1-4-2-5(10)3-17-6(4)18-7(8(11,12)13)9(14,15)16/h2-3,7H,1H3. The fourth-order valence-corrected chi connectivity index (χ4v) is 1.53. The van der Waals surface area contributed by atoms with Gasteiger partial charge >= 0.3 is 12.4 Å². The summed E-state index contributed by atoms with van der Waals surface area (Å²) in [6.45, 7) is 1.29. The van der Waals surface area contributed by atoms with Crippen molar-refractivity contribution in [1.29, 1.82) is 0 Å². The SMILES string of the molecule is Cc1cc(Br)cnc1OC(C(F)(F)F)C(F)(F)F. The molecule has 0 saturated carbocycles. The van der Waals surface area contributed by atoms with Gasteiger partial charge in [-0.15, -0.1) is 0 Å². The summed E-state index contributed by atoms with van der Waals surface area (Å²) >= 11 is 2.98. The summed E-state index contributed by atoms with van der Waals surface area (Å²) in [6, 6.07) is 1.30. The van der Waals surface area contributed by atoms with E-state index in [9.17, 15) is 26.3 Å². The fourth-order valence-electron chi connectivity index (χ4n) is 1.08. The van der Waals surface area contributed by atoms with Gasteiger partial charge in [0.15, 0.2) is 0 Å². The maximum absolute atomic E-state index is 12.2. The quantitative estimate of drug-likeness (QED) is 0.760. The molecule has 0 spiro atoms. The van der Waals surface area contributed by atoms with Crippen LogP contribution >= 0.6 is 15.9 Å². The van der Waals surface area contributed by atoms with Crippen molar-refractivity contribution in [3.8, 4) is 5.88 Å². The topological polar surface area (TPSA) is 22.1 Å². The minimum atomic E-state index is -5.56. The second-order valence-electron chi connectivity index (χ2n) is 3.36. The van der Waals surface area contributed by atoms with Crippen LogP contribution in [0.3, 0.4) is 0 Å². The minimum Gasteiger partial charge on any atom is -0.455 e. The van der Waals surface area contributed by atoms with Crippen LogP contribution in [0.15, 0.2) is 16.7 Å². The van der Waals surface area contributed by atoms with Crippen molar-refractivity contribution in [3.63, 3.8) is 0 Å². The lowest BCUT2D eigenvalue weighted by Gasteiger charge is -2.23. The molecule has 102 valence electrons. The van der Waals surface area contributed by atoms with Crippen LogP contribution in [0.5, 0.6) is 5.88 Å². The number of ether oxygens (including phenoxy) is 1. The van der Waals surface area contributed by atoms with Gasteiger partial charge in [0.1, 0.15) is 0 Å². The molecule has 0 fully saturated rings. The molecular formula is C9H6BrF6NO. The van der Waals surface area contributed by atoms with Crippen LogP contribution in [-0.4, -0.2) is 23.4 Å². The van der Waals surface area contributed by atoms with E-state index in [1.165, 1.54) is 13.0 Å². The molecule has 9 heteroatoms. The van der Waals surface area contributed by atoms with Gasteiger partial charge in [0, 0.05) is 16.2 Å². The zero-order valence-corrected chi connectivity index (χ0v) is 10.3. The molecule has 0 aliphatic rings. The number of pyridine rings is 1. The van der Waals surface area contributed by atoms with Gasteiger partial charge in [0.2, 0.25) is 5.88 Å². The number of nitrogens with zero attached hydrogens (tertiary/aromatic N) is 1. The first-order chi connectivity index (χ1) is 8.01. The van der Waals surface area contributed by atoms with Gasteiger partial charge < -0.3 is 4.74 Å². The third-order valence-electron chi connectivity index (χ3n) is 1.82. The Morgan fingerprint density at radius 1 is 1.17 bits per heavy atom. The first kappa shape index (κ1) is 15.1. The summed E-state index contributed by atoms with van der Waals surface area (Å²) in [5.74, 6) is -0.710. The molecule has 1 rings (SSSR count). The van der Waals surface area contributed by atoms with E-state index >= 15 is 0 Å². The zero-order valence-electron chi connectivity index (χ0n) is 8.73. The van der Waals surface area contributed by atoms with Gasteiger partial charge in [-0.05, 0) is 28.9 Å². The lowest BCUT2D eigenvalue weighted by molar-refractivity contribution is -0.300. The molecule has 0 unspecified atom stereocenters. The molecule has 2 nitrogen and oxygen atoms in total. The summed E-state index contributed by atoms with van der Waals surface area (Å²) in [7, 11) is 0. The van der Waals surface area contributed by atoms with E-state index in [1.54, 1.807) is 0 Å². The van der Waals surface area contributed by atoms with Gasteiger partial charge in [0.25, 0.3) is 6.10 Å². The van der Waals surface area contributed by atoms with Gasteiger partial charge in [-0.3, -0.25) is 0 Å². The summed E-state index contributed by atoms with van der Waals surface area (Å²) in [4.78, 5) is 3.38. The number of aryl methyl sites for hydroxylation is 1. The molecule has 0 radical (unpaired) electrons. The molecule has 0 aliphatic heterocycles. The molecule has 0 atom stereocenters. The van der Waals surface area contributed by atoms with Crippen LogP contribution < -0.4 is 4.74 Å². The smallest absolute Gasteiger partial charge is 0.434 e. The van der Waals surface area contributed by atoms with Crippen LogP contribution in [0.4, 0.5) is 26.3 Å². The number of hydrogen-bond donors (Lipinski definition) is 0. The Balaban J connectivity index is 3.05. The average molecular weight is 338 g/mol. The summed E-state index contributed by atoms with van der Waals surface area (Å²) in [5.41, 5.74) is 0.0582. The fraction of sp³-hybridized carbons (Fsp3) is 0.444. The van der Waals surface area contributed by atoms with E-state index < -0.39 is 24.3 Å². The summed E-state index contributed by atoms with van der Waals surface area (Å²) in [6.07, 6.45) is -14.0. The van der Waals surface area contributed by atoms with Crippen molar-refractivity contribution in [2.45, 2.75) is 25.4 Å². The summed E-state index contributed by atoms with van der Waals surface area (Å²) < 4.78 is 77.8. The molecule has 0 bridgehead atoms. The maximum atomic E-state index is 12.2. The van der Waals surface area contributed by atoms with E-state index in [4.69, 9.17) is 0 Å². The highest BCUT2D eigenvalue weighted by atomic mass is 79.9. The second kappa shape index (κ2) is 4.94. The highest BCUT2D eigenvalue weighted by Gasteiger charge is 2.59. The summed E-state index contributed by atoms with van der Waals surface area (Å²) in [5, 5.41) is 0. The van der Waals surface area contributed by atoms with Crippen LogP contribution in [0, 0.1) is 6.92 Å². The molecule has 1 heterocycles. The van der Waals surface area contributed by atoms with Crippen LogP contribution in [0.25, 0.3) is 0 Å². The highest BCUT2D eigenvalue weighted by molar-refractivity contribution is 9.10. The average Bonchev–Trinajstić information content (AvgIpc) is 2.12. The molecule has 0 saturated heterocycles. The Hall–Kier alpha value is -0.990. The molecule has 1 aromatic heterocycles. The molecule has 0 N–H and O–H groups in total. The molecule has 0 aliphatic carbocycles. The number of aromatic nitrogens is 1. The Kier molecular flexibility index (Phi) is 4.14. The maximum Gasteiger partial charge on any atom is 0.434 e. The van der Waals surface area contributed by atoms with Gasteiger partial charge in [-0.1, -0.05) is 0 Å². The van der Waals surface area contributed by atoms with Crippen LogP contribution in [0.2, 0.25) is 0 Å². The largest absolute Gasteiger partial charge is 0.455 e. The highest BCUT2D eigenvalue weighted by Crippen LogP contribution is 2.36. The normalized spacial score (nSPS) is 12.9. The third-order valence-corrected chi connectivity index (χ3v) is 2.25. The number of alkyl halides is 6. The Morgan fingerprint density at radius 2 is 1.67 bits per heavy atom. The van der Waals surface area contributed by atoms with E-state index in [-0.39, 0.29) is 5.56 Å². The van der Waals surface area contributed by atoms with Crippen molar-refractivity contribution >= 4 is 15.9 Å². The van der Waals surface area contributed by atoms with E-state index in [2.05, 4.69) is 25.7 Å². The Bertz CT molecular complexity index is 416. The number of rotatable bonds is 2. The molecule has 1 aromatic rings. The lowest BCUT2D eigenvalue weighted by Crippen LogP contribution is -2.46. The molecular weight excluding hydrogens is 332 g/mol. The van der Waals surface area contributed by atoms with Crippen LogP contribution in [0.1, 0.15) is 5.56 Å². The monoisotopic (exact) mass is 337 g/mol. The van der Waals surface area contributed by atoms with Gasteiger partial charge in [-0.2, -0.15) is 26.3 Å².